The van der Waals surface area contributed by atoms with Crippen LogP contribution in [0.3, 0.4) is 0 Å². The van der Waals surface area contributed by atoms with E-state index in [-0.39, 0.29) is 5.69 Å². The summed E-state index contributed by atoms with van der Waals surface area (Å²) >= 11 is 3.42. The first-order valence-corrected chi connectivity index (χ1v) is 9.11. The molecule has 7 heteroatoms. The number of carbonyl (C=O) groups excluding carboxylic acids is 2. The second-order valence-electron chi connectivity index (χ2n) is 6.05. The number of para-hydroxylation sites is 2. The van der Waals surface area contributed by atoms with Gasteiger partial charge in [0, 0.05) is 10.2 Å². The van der Waals surface area contributed by atoms with E-state index in [2.05, 4.69) is 25.9 Å². The molecule has 0 saturated heterocycles. The number of rotatable bonds is 4. The third kappa shape index (κ3) is 3.83. The fraction of sp³-hybridized carbons (Fsp3) is 0.200. The molecule has 27 heavy (non-hydrogen) atoms. The number of hydrogen-bond acceptors (Lipinski definition) is 5. The van der Waals surface area contributed by atoms with Crippen LogP contribution in [0.25, 0.3) is 11.0 Å². The lowest BCUT2D eigenvalue weighted by Gasteiger charge is -2.28. The number of aromatic nitrogens is 2. The van der Waals surface area contributed by atoms with Crippen molar-refractivity contribution in [2.24, 2.45) is 0 Å². The predicted molar refractivity (Wildman–Crippen MR) is 107 cm³/mol. The lowest BCUT2D eigenvalue weighted by molar-refractivity contribution is -0.141. The number of methoxy groups -OCH3 is 1. The molecular weight excluding hydrogens is 410 g/mol. The summed E-state index contributed by atoms with van der Waals surface area (Å²) in [4.78, 5) is 35.6. The van der Waals surface area contributed by atoms with Crippen LogP contribution in [0, 0.1) is 6.92 Å². The van der Waals surface area contributed by atoms with Crippen LogP contribution in [-0.2, 0) is 9.53 Å². The molecule has 0 unspecified atom stereocenters. The molecule has 0 radical (unpaired) electrons. The smallest absolute Gasteiger partial charge is 0.328 e. The van der Waals surface area contributed by atoms with Gasteiger partial charge in [0.1, 0.15) is 11.7 Å². The number of hydrogen-bond donors (Lipinski definition) is 0. The van der Waals surface area contributed by atoms with Gasteiger partial charge >= 0.3 is 5.97 Å². The van der Waals surface area contributed by atoms with Crippen molar-refractivity contribution in [1.82, 2.24) is 9.97 Å². The minimum Gasteiger partial charge on any atom is -0.467 e. The van der Waals surface area contributed by atoms with Gasteiger partial charge < -0.3 is 4.74 Å². The molecule has 0 aliphatic rings. The molecule has 1 atom stereocenters. The minimum absolute atomic E-state index is 0.159. The normalized spacial score (nSPS) is 11.9. The minimum atomic E-state index is -0.823. The summed E-state index contributed by atoms with van der Waals surface area (Å²) < 4.78 is 5.74. The number of benzene rings is 2. The van der Waals surface area contributed by atoms with Crippen molar-refractivity contribution in [3.63, 3.8) is 0 Å². The third-order valence-electron chi connectivity index (χ3n) is 4.23. The summed E-state index contributed by atoms with van der Waals surface area (Å²) in [5.74, 6) is -0.934. The molecule has 0 saturated carbocycles. The molecule has 0 spiro atoms. The molecule has 138 valence electrons. The highest BCUT2D eigenvalue weighted by Gasteiger charge is 2.31. The van der Waals surface area contributed by atoms with Gasteiger partial charge in [0.05, 0.1) is 24.3 Å². The van der Waals surface area contributed by atoms with E-state index >= 15 is 0 Å². The van der Waals surface area contributed by atoms with Gasteiger partial charge in [0.15, 0.2) is 0 Å². The zero-order chi connectivity index (χ0) is 19.6. The van der Waals surface area contributed by atoms with Crippen molar-refractivity contribution in [1.29, 1.82) is 0 Å². The third-order valence-corrected chi connectivity index (χ3v) is 4.73. The zero-order valence-corrected chi connectivity index (χ0v) is 16.7. The van der Waals surface area contributed by atoms with E-state index in [4.69, 9.17) is 4.74 Å². The molecule has 6 nitrogen and oxygen atoms in total. The Morgan fingerprint density at radius 3 is 2.52 bits per heavy atom. The monoisotopic (exact) mass is 427 g/mol. The van der Waals surface area contributed by atoms with Gasteiger partial charge in [-0.3, -0.25) is 14.7 Å². The summed E-state index contributed by atoms with van der Waals surface area (Å²) in [5.41, 5.74) is 2.91. The quantitative estimate of drug-likeness (QED) is 0.590. The largest absolute Gasteiger partial charge is 0.467 e. The molecule has 3 aromatic rings. The lowest BCUT2D eigenvalue weighted by atomic mass is 10.1. The standard InChI is InChI=1S/C20H18BrN3O3/c1-12-10-14(21)8-9-18(12)24(13(2)20(26)27-3)19(25)17-11-22-15-6-4-5-7-16(15)23-17/h4-11,13H,1-3H3/t13-/m1/s1. The van der Waals surface area contributed by atoms with E-state index in [1.807, 2.05) is 37.3 Å². The summed E-state index contributed by atoms with van der Waals surface area (Å²) in [6.45, 7) is 3.50. The highest BCUT2D eigenvalue weighted by Crippen LogP contribution is 2.27. The maximum absolute atomic E-state index is 13.3. The molecule has 1 heterocycles. The average molecular weight is 428 g/mol. The van der Waals surface area contributed by atoms with Gasteiger partial charge in [-0.1, -0.05) is 28.1 Å². The molecule has 1 amide bonds. The highest BCUT2D eigenvalue weighted by molar-refractivity contribution is 9.10. The first kappa shape index (κ1) is 19.0. The van der Waals surface area contributed by atoms with Gasteiger partial charge in [-0.25, -0.2) is 9.78 Å². The zero-order valence-electron chi connectivity index (χ0n) is 15.1. The van der Waals surface area contributed by atoms with Gasteiger partial charge in [0.25, 0.3) is 5.91 Å². The maximum Gasteiger partial charge on any atom is 0.328 e. The number of halogens is 1. The second-order valence-corrected chi connectivity index (χ2v) is 6.96. The van der Waals surface area contributed by atoms with Crippen molar-refractivity contribution < 1.29 is 14.3 Å². The van der Waals surface area contributed by atoms with E-state index < -0.39 is 17.9 Å². The number of aryl methyl sites for hydroxylation is 1. The van der Waals surface area contributed by atoms with Gasteiger partial charge in [-0.05, 0) is 49.7 Å². The van der Waals surface area contributed by atoms with Crippen LogP contribution < -0.4 is 4.90 Å². The van der Waals surface area contributed by atoms with Crippen molar-refractivity contribution in [3.05, 3.63) is 64.4 Å². The first-order valence-electron chi connectivity index (χ1n) is 8.31. The van der Waals surface area contributed by atoms with Gasteiger partial charge in [0.2, 0.25) is 0 Å². The molecule has 0 aliphatic heterocycles. The Balaban J connectivity index is 2.10. The van der Waals surface area contributed by atoms with E-state index in [0.29, 0.717) is 16.7 Å². The Labute approximate surface area is 165 Å². The molecule has 0 aliphatic carbocycles. The Morgan fingerprint density at radius 1 is 1.15 bits per heavy atom. The van der Waals surface area contributed by atoms with Crippen molar-refractivity contribution >= 4 is 44.5 Å². The Kier molecular flexibility index (Phi) is 5.51. The van der Waals surface area contributed by atoms with Crippen LogP contribution in [0.2, 0.25) is 0 Å². The molecule has 3 rings (SSSR count). The Hall–Kier alpha value is -2.80. The van der Waals surface area contributed by atoms with E-state index in [1.165, 1.54) is 18.2 Å². The summed E-state index contributed by atoms with van der Waals surface area (Å²) in [6, 6.07) is 12.0. The van der Waals surface area contributed by atoms with Crippen LogP contribution in [-0.4, -0.2) is 35.0 Å². The molecule has 1 aromatic heterocycles. The topological polar surface area (TPSA) is 72.4 Å². The van der Waals surface area contributed by atoms with Crippen LogP contribution >= 0.6 is 15.9 Å². The van der Waals surface area contributed by atoms with Crippen LogP contribution in [0.15, 0.2) is 53.1 Å². The maximum atomic E-state index is 13.3. The van der Waals surface area contributed by atoms with Crippen molar-refractivity contribution in [3.8, 4) is 0 Å². The van der Waals surface area contributed by atoms with Gasteiger partial charge in [-0.15, -0.1) is 0 Å². The first-order chi connectivity index (χ1) is 12.9. The van der Waals surface area contributed by atoms with Crippen molar-refractivity contribution in [2.45, 2.75) is 19.9 Å². The number of carbonyl (C=O) groups is 2. The Morgan fingerprint density at radius 2 is 1.85 bits per heavy atom. The highest BCUT2D eigenvalue weighted by atomic mass is 79.9. The number of anilines is 1. The number of esters is 1. The number of amides is 1. The van der Waals surface area contributed by atoms with E-state index in [0.717, 1.165) is 10.0 Å². The molecule has 0 N–H and O–H groups in total. The summed E-state index contributed by atoms with van der Waals surface area (Å²) in [6.07, 6.45) is 1.43. The van der Waals surface area contributed by atoms with Crippen LogP contribution in [0.4, 0.5) is 5.69 Å². The second kappa shape index (κ2) is 7.84. The summed E-state index contributed by atoms with van der Waals surface area (Å²) in [7, 11) is 1.30. The van der Waals surface area contributed by atoms with E-state index in [1.54, 1.807) is 19.1 Å². The number of nitrogens with zero attached hydrogens (tertiary/aromatic N) is 3. The number of fused-ring (bicyclic) bond motifs is 1. The van der Waals surface area contributed by atoms with Crippen molar-refractivity contribution in [2.75, 3.05) is 12.0 Å². The van der Waals surface area contributed by atoms with Gasteiger partial charge in [-0.2, -0.15) is 0 Å². The fourth-order valence-corrected chi connectivity index (χ4v) is 3.32. The van der Waals surface area contributed by atoms with E-state index in [9.17, 15) is 9.59 Å². The molecule has 0 fully saturated rings. The Bertz CT molecular complexity index is 1020. The predicted octanol–water partition coefficient (Wildman–Crippen LogP) is 3.91. The molecular formula is C20H18BrN3O3. The average Bonchev–Trinajstić information content (AvgIpc) is 2.68. The fourth-order valence-electron chi connectivity index (χ4n) is 2.84. The lowest BCUT2D eigenvalue weighted by Crippen LogP contribution is -2.44. The molecule has 2 aromatic carbocycles. The van der Waals surface area contributed by atoms with Crippen LogP contribution in [0.5, 0.6) is 0 Å². The van der Waals surface area contributed by atoms with Crippen LogP contribution in [0.1, 0.15) is 23.0 Å². The summed E-state index contributed by atoms with van der Waals surface area (Å²) in [5, 5.41) is 0. The number of ether oxygens (including phenoxy) is 1. The molecule has 0 bridgehead atoms. The SMILES string of the molecule is COC(=O)[C@@H](C)N(C(=O)c1cnc2ccccc2n1)c1ccc(Br)cc1C.